The number of pyridine rings is 1. The van der Waals surface area contributed by atoms with Crippen molar-refractivity contribution in [2.75, 3.05) is 13.2 Å². The molecule has 1 aromatic carbocycles. The zero-order valence-electron chi connectivity index (χ0n) is 14.9. The molecule has 2 N–H and O–H groups in total. The van der Waals surface area contributed by atoms with Crippen molar-refractivity contribution in [1.29, 1.82) is 0 Å². The van der Waals surface area contributed by atoms with Gasteiger partial charge in [0.2, 0.25) is 0 Å². The summed E-state index contributed by atoms with van der Waals surface area (Å²) in [7, 11) is 0. The van der Waals surface area contributed by atoms with Crippen molar-refractivity contribution in [3.8, 4) is 11.3 Å². The normalized spacial score (nSPS) is 13.6. The summed E-state index contributed by atoms with van der Waals surface area (Å²) in [6.45, 7) is 1.80. The van der Waals surface area contributed by atoms with Crippen LogP contribution in [0.3, 0.4) is 0 Å². The Bertz CT molecular complexity index is 961. The first-order chi connectivity index (χ1) is 13.3. The largest absolute Gasteiger partial charge is 0.373 e. The Morgan fingerprint density at radius 2 is 2.04 bits per heavy atom. The predicted molar refractivity (Wildman–Crippen MR) is 105 cm³/mol. The van der Waals surface area contributed by atoms with Crippen molar-refractivity contribution in [1.82, 2.24) is 15.3 Å². The van der Waals surface area contributed by atoms with Gasteiger partial charge < -0.3 is 15.0 Å². The molecule has 0 saturated heterocycles. The van der Waals surface area contributed by atoms with E-state index in [1.54, 1.807) is 6.20 Å². The number of carbonyl (C=O) groups excluding carboxylic acids is 1. The van der Waals surface area contributed by atoms with E-state index in [4.69, 9.17) is 4.74 Å². The molecule has 1 amide bonds. The highest BCUT2D eigenvalue weighted by molar-refractivity contribution is 5.97. The Labute approximate surface area is 158 Å². The number of nitrogens with one attached hydrogen (secondary N) is 2. The van der Waals surface area contributed by atoms with E-state index in [2.05, 4.69) is 15.3 Å². The van der Waals surface area contributed by atoms with Crippen molar-refractivity contribution in [2.24, 2.45) is 0 Å². The first-order valence-electron chi connectivity index (χ1n) is 9.04. The number of aromatic nitrogens is 2. The summed E-state index contributed by atoms with van der Waals surface area (Å²) in [5.74, 6) is -0.0107. The van der Waals surface area contributed by atoms with Gasteiger partial charge in [-0.1, -0.05) is 36.4 Å². The minimum Gasteiger partial charge on any atom is -0.373 e. The van der Waals surface area contributed by atoms with Crippen LogP contribution in [0.5, 0.6) is 0 Å². The fourth-order valence-corrected chi connectivity index (χ4v) is 3.14. The third kappa shape index (κ3) is 4.15. The van der Waals surface area contributed by atoms with Crippen molar-refractivity contribution < 1.29 is 9.53 Å². The van der Waals surface area contributed by atoms with Crippen LogP contribution in [0.15, 0.2) is 60.8 Å². The van der Waals surface area contributed by atoms with E-state index in [1.807, 2.05) is 60.7 Å². The topological polar surface area (TPSA) is 67.0 Å². The molecule has 3 aromatic rings. The number of benzene rings is 1. The van der Waals surface area contributed by atoms with Crippen LogP contribution in [0.2, 0.25) is 0 Å². The maximum Gasteiger partial charge on any atom is 0.253 e. The lowest BCUT2D eigenvalue weighted by molar-refractivity contribution is 0.0946. The van der Waals surface area contributed by atoms with E-state index < -0.39 is 0 Å². The monoisotopic (exact) mass is 359 g/mol. The van der Waals surface area contributed by atoms with Gasteiger partial charge in [0, 0.05) is 36.1 Å². The molecular formula is C22H21N3O2. The molecule has 2 aromatic heterocycles. The zero-order valence-corrected chi connectivity index (χ0v) is 14.9. The summed E-state index contributed by atoms with van der Waals surface area (Å²) in [6.07, 6.45) is 6.52. The molecule has 0 radical (unpaired) electrons. The summed E-state index contributed by atoms with van der Waals surface area (Å²) < 4.78 is 5.66. The molecule has 0 atom stereocenters. The highest BCUT2D eigenvalue weighted by Gasteiger charge is 2.19. The van der Waals surface area contributed by atoms with Crippen LogP contribution in [0.1, 0.15) is 27.3 Å². The number of amides is 1. The molecule has 0 bridgehead atoms. The molecular weight excluding hydrogens is 338 g/mol. The Morgan fingerprint density at radius 1 is 1.15 bits per heavy atom. The number of fused-ring (bicyclic) bond motifs is 1. The van der Waals surface area contributed by atoms with E-state index in [1.165, 1.54) is 0 Å². The number of ether oxygens (including phenoxy) is 1. The van der Waals surface area contributed by atoms with E-state index in [-0.39, 0.29) is 5.91 Å². The highest BCUT2D eigenvalue weighted by atomic mass is 16.5. The standard InChI is InChI=1S/C22H21N3O2/c26-22-19-14-21(25-20(19)9-11-24-22)17-8-10-23-18(13-17)7-4-12-27-15-16-5-2-1-3-6-16/h1-8,10,13-14,25H,9,11-12,15H2,(H,24,26)/b7-4+. The van der Waals surface area contributed by atoms with Crippen LogP contribution in [-0.4, -0.2) is 29.0 Å². The van der Waals surface area contributed by atoms with Gasteiger partial charge in [0.1, 0.15) is 0 Å². The average Bonchev–Trinajstić information content (AvgIpc) is 3.15. The maximum absolute atomic E-state index is 11.9. The van der Waals surface area contributed by atoms with Gasteiger partial charge in [0.05, 0.1) is 24.5 Å². The van der Waals surface area contributed by atoms with Crippen LogP contribution in [-0.2, 0) is 17.8 Å². The smallest absolute Gasteiger partial charge is 0.253 e. The molecule has 3 heterocycles. The van der Waals surface area contributed by atoms with Gasteiger partial charge in [-0.05, 0) is 29.8 Å². The van der Waals surface area contributed by atoms with Gasteiger partial charge >= 0.3 is 0 Å². The van der Waals surface area contributed by atoms with Crippen LogP contribution in [0.25, 0.3) is 17.3 Å². The first-order valence-corrected chi connectivity index (χ1v) is 9.04. The molecule has 4 rings (SSSR count). The van der Waals surface area contributed by atoms with Gasteiger partial charge in [-0.15, -0.1) is 0 Å². The predicted octanol–water partition coefficient (Wildman–Crippen LogP) is 3.59. The molecule has 136 valence electrons. The fraction of sp³-hybridized carbons (Fsp3) is 0.182. The zero-order chi connectivity index (χ0) is 18.5. The number of hydrogen-bond acceptors (Lipinski definition) is 3. The molecule has 0 aliphatic carbocycles. The van der Waals surface area contributed by atoms with Gasteiger partial charge in [0.15, 0.2) is 0 Å². The molecule has 5 heteroatoms. The molecule has 1 aliphatic rings. The molecule has 0 unspecified atom stereocenters. The number of nitrogens with zero attached hydrogens (tertiary/aromatic N) is 1. The Morgan fingerprint density at radius 3 is 2.89 bits per heavy atom. The molecule has 0 spiro atoms. The second-order valence-electron chi connectivity index (χ2n) is 6.45. The van der Waals surface area contributed by atoms with Gasteiger partial charge in [-0.3, -0.25) is 9.78 Å². The maximum atomic E-state index is 11.9. The van der Waals surface area contributed by atoms with Crippen molar-refractivity contribution in [2.45, 2.75) is 13.0 Å². The third-order valence-electron chi connectivity index (χ3n) is 4.51. The second kappa shape index (κ2) is 8.01. The lowest BCUT2D eigenvalue weighted by atomic mass is 10.1. The van der Waals surface area contributed by atoms with Crippen molar-refractivity contribution in [3.63, 3.8) is 0 Å². The Balaban J connectivity index is 1.40. The third-order valence-corrected chi connectivity index (χ3v) is 4.51. The summed E-state index contributed by atoms with van der Waals surface area (Å²) in [5, 5.41) is 2.87. The number of aromatic amines is 1. The van der Waals surface area contributed by atoms with Gasteiger partial charge in [-0.25, -0.2) is 0 Å². The SMILES string of the molecule is O=C1NCCc2[nH]c(-c3ccnc(/C=C/COCc4ccccc4)c3)cc21. The van der Waals surface area contributed by atoms with Gasteiger partial charge in [0.25, 0.3) is 5.91 Å². The van der Waals surface area contributed by atoms with Crippen molar-refractivity contribution >= 4 is 12.0 Å². The second-order valence-corrected chi connectivity index (χ2v) is 6.45. The lowest BCUT2D eigenvalue weighted by Gasteiger charge is -2.10. The molecule has 5 nitrogen and oxygen atoms in total. The van der Waals surface area contributed by atoms with E-state index in [9.17, 15) is 4.79 Å². The van der Waals surface area contributed by atoms with Crippen LogP contribution in [0, 0.1) is 0 Å². The van der Waals surface area contributed by atoms with E-state index in [0.717, 1.165) is 40.2 Å². The minimum atomic E-state index is -0.0107. The first kappa shape index (κ1) is 17.2. The Hall–Kier alpha value is -3.18. The quantitative estimate of drug-likeness (QED) is 0.661. The lowest BCUT2D eigenvalue weighted by Crippen LogP contribution is -2.31. The van der Waals surface area contributed by atoms with Crippen LogP contribution >= 0.6 is 0 Å². The Kier molecular flexibility index (Phi) is 5.12. The van der Waals surface area contributed by atoms with Gasteiger partial charge in [-0.2, -0.15) is 0 Å². The van der Waals surface area contributed by atoms with E-state index >= 15 is 0 Å². The fourth-order valence-electron chi connectivity index (χ4n) is 3.14. The molecule has 27 heavy (non-hydrogen) atoms. The number of H-pyrrole nitrogens is 1. The van der Waals surface area contributed by atoms with Crippen molar-refractivity contribution in [3.05, 3.63) is 83.3 Å². The van der Waals surface area contributed by atoms with E-state index in [0.29, 0.717) is 19.8 Å². The van der Waals surface area contributed by atoms with Crippen LogP contribution in [0.4, 0.5) is 0 Å². The molecule has 0 fully saturated rings. The minimum absolute atomic E-state index is 0.0107. The highest BCUT2D eigenvalue weighted by Crippen LogP contribution is 2.24. The average molecular weight is 359 g/mol. The van der Waals surface area contributed by atoms with Crippen LogP contribution < -0.4 is 5.32 Å². The summed E-state index contributed by atoms with van der Waals surface area (Å²) in [6, 6.07) is 16.0. The number of carbonyl (C=O) groups is 1. The molecule has 0 saturated carbocycles. The summed E-state index contributed by atoms with van der Waals surface area (Å²) in [5.41, 5.74) is 5.70. The molecule has 1 aliphatic heterocycles. The summed E-state index contributed by atoms with van der Waals surface area (Å²) >= 11 is 0. The summed E-state index contributed by atoms with van der Waals surface area (Å²) in [4.78, 5) is 19.7. The number of hydrogen-bond donors (Lipinski definition) is 2. The number of rotatable bonds is 6.